The minimum absolute atomic E-state index is 0.264. The molecule has 0 bridgehead atoms. The lowest BCUT2D eigenvalue weighted by molar-refractivity contribution is 0.469. The second-order valence-corrected chi connectivity index (χ2v) is 5.20. The van der Waals surface area contributed by atoms with E-state index in [1.807, 2.05) is 53.1 Å². The maximum Gasteiger partial charge on any atom is 0.165 e. The highest BCUT2D eigenvalue weighted by atomic mass is 16.3. The number of pyridine rings is 2. The fraction of sp³-hybridized carbons (Fsp3) is 0.0556. The van der Waals surface area contributed by atoms with Gasteiger partial charge in [-0.3, -0.25) is 4.57 Å². The molecule has 1 N–H and O–H groups in total. The highest BCUT2D eigenvalue weighted by Gasteiger charge is 2.15. The van der Waals surface area contributed by atoms with Crippen LogP contribution in [0.5, 0.6) is 5.75 Å². The second kappa shape index (κ2) is 5.53. The van der Waals surface area contributed by atoms with Crippen molar-refractivity contribution in [2.75, 3.05) is 0 Å². The lowest BCUT2D eigenvalue weighted by Gasteiger charge is -2.08. The van der Waals surface area contributed by atoms with E-state index in [-0.39, 0.29) is 5.75 Å². The second-order valence-electron chi connectivity index (χ2n) is 5.20. The van der Waals surface area contributed by atoms with Crippen LogP contribution < -0.4 is 0 Å². The van der Waals surface area contributed by atoms with Crippen LogP contribution in [0.3, 0.4) is 0 Å². The Morgan fingerprint density at radius 3 is 2.52 bits per heavy atom. The Hall–Kier alpha value is -3.21. The molecule has 5 nitrogen and oxygen atoms in total. The Morgan fingerprint density at radius 2 is 1.70 bits per heavy atom. The van der Waals surface area contributed by atoms with E-state index in [1.165, 1.54) is 0 Å². The summed E-state index contributed by atoms with van der Waals surface area (Å²) in [5.74, 6) is 1.82. The van der Waals surface area contributed by atoms with E-state index in [0.717, 1.165) is 28.4 Å². The average Bonchev–Trinajstić information content (AvgIpc) is 2.95. The summed E-state index contributed by atoms with van der Waals surface area (Å²) in [6.45, 7) is 0. The first-order valence-electron chi connectivity index (χ1n) is 7.33. The normalized spacial score (nSPS) is 11.0. The largest absolute Gasteiger partial charge is 0.508 e. The van der Waals surface area contributed by atoms with Gasteiger partial charge in [0.15, 0.2) is 5.65 Å². The summed E-state index contributed by atoms with van der Waals surface area (Å²) < 4.78 is 1.93. The molecule has 0 aliphatic carbocycles. The van der Waals surface area contributed by atoms with Gasteiger partial charge in [-0.1, -0.05) is 24.3 Å². The Bertz CT molecular complexity index is 963. The van der Waals surface area contributed by atoms with Gasteiger partial charge in [0.2, 0.25) is 0 Å². The smallest absolute Gasteiger partial charge is 0.165 e. The predicted octanol–water partition coefficient (Wildman–Crippen LogP) is 3.11. The lowest BCUT2D eigenvalue weighted by atomic mass is 10.1. The van der Waals surface area contributed by atoms with E-state index in [4.69, 9.17) is 0 Å². The summed E-state index contributed by atoms with van der Waals surface area (Å²) in [6, 6.07) is 16.8. The van der Waals surface area contributed by atoms with E-state index in [2.05, 4.69) is 15.0 Å². The third kappa shape index (κ3) is 2.42. The molecule has 4 rings (SSSR count). The number of aromatic nitrogens is 4. The molecule has 3 aromatic heterocycles. The molecule has 0 saturated heterocycles. The van der Waals surface area contributed by atoms with Gasteiger partial charge in [-0.25, -0.2) is 15.0 Å². The van der Waals surface area contributed by atoms with Crippen LogP contribution in [-0.2, 0) is 6.42 Å². The standard InChI is InChI=1S/C18H14N4O/c23-15-8-2-1-6-13(15)12-17-21-14-7-5-11-20-18(14)22(17)16-9-3-4-10-19-16/h1-11,23H,12H2. The number of rotatable bonds is 3. The molecule has 0 atom stereocenters. The average molecular weight is 302 g/mol. The van der Waals surface area contributed by atoms with Gasteiger partial charge in [-0.15, -0.1) is 0 Å². The van der Waals surface area contributed by atoms with Crippen LogP contribution in [0.15, 0.2) is 67.0 Å². The summed E-state index contributed by atoms with van der Waals surface area (Å²) in [5, 5.41) is 10.0. The van der Waals surface area contributed by atoms with Crippen molar-refractivity contribution >= 4 is 11.2 Å². The van der Waals surface area contributed by atoms with Gasteiger partial charge in [0, 0.05) is 24.4 Å². The third-order valence-corrected chi connectivity index (χ3v) is 3.70. The number of benzene rings is 1. The van der Waals surface area contributed by atoms with Crippen LogP contribution in [0.25, 0.3) is 17.0 Å². The molecular weight excluding hydrogens is 288 g/mol. The molecule has 23 heavy (non-hydrogen) atoms. The molecule has 1 aromatic carbocycles. The molecule has 3 heterocycles. The molecule has 5 heteroatoms. The summed E-state index contributed by atoms with van der Waals surface area (Å²) in [7, 11) is 0. The van der Waals surface area contributed by atoms with Crippen molar-refractivity contribution in [2.24, 2.45) is 0 Å². The summed E-state index contributed by atoms with van der Waals surface area (Å²) in [4.78, 5) is 13.5. The van der Waals surface area contributed by atoms with E-state index >= 15 is 0 Å². The van der Waals surface area contributed by atoms with Crippen LogP contribution in [0.1, 0.15) is 11.4 Å². The monoisotopic (exact) mass is 302 g/mol. The third-order valence-electron chi connectivity index (χ3n) is 3.70. The summed E-state index contributed by atoms with van der Waals surface area (Å²) >= 11 is 0. The van der Waals surface area contributed by atoms with Crippen LogP contribution in [0, 0.1) is 0 Å². The van der Waals surface area contributed by atoms with Gasteiger partial charge >= 0.3 is 0 Å². The zero-order chi connectivity index (χ0) is 15.6. The highest BCUT2D eigenvalue weighted by Crippen LogP contribution is 2.24. The minimum Gasteiger partial charge on any atom is -0.508 e. The van der Waals surface area contributed by atoms with Crippen molar-refractivity contribution < 1.29 is 5.11 Å². The Balaban J connectivity index is 1.91. The fourth-order valence-corrected chi connectivity index (χ4v) is 2.64. The number of aromatic hydroxyl groups is 1. The molecule has 0 fully saturated rings. The van der Waals surface area contributed by atoms with E-state index in [1.54, 1.807) is 18.5 Å². The van der Waals surface area contributed by atoms with Crippen LogP contribution in [-0.4, -0.2) is 24.6 Å². The molecule has 112 valence electrons. The van der Waals surface area contributed by atoms with Crippen molar-refractivity contribution in [3.05, 3.63) is 78.4 Å². The maximum absolute atomic E-state index is 10.0. The van der Waals surface area contributed by atoms with Gasteiger partial charge in [-0.05, 0) is 30.3 Å². The fourth-order valence-electron chi connectivity index (χ4n) is 2.64. The number of phenolic OH excluding ortho intramolecular Hbond substituents is 1. The molecule has 0 saturated carbocycles. The Labute approximate surface area is 132 Å². The first-order chi connectivity index (χ1) is 11.3. The van der Waals surface area contributed by atoms with Gasteiger partial charge < -0.3 is 5.11 Å². The van der Waals surface area contributed by atoms with Crippen molar-refractivity contribution in [2.45, 2.75) is 6.42 Å². The molecule has 0 spiro atoms. The molecule has 0 unspecified atom stereocenters. The number of imidazole rings is 1. The van der Waals surface area contributed by atoms with Gasteiger partial charge in [-0.2, -0.15) is 0 Å². The molecule has 0 aliphatic heterocycles. The van der Waals surface area contributed by atoms with Crippen molar-refractivity contribution in [1.29, 1.82) is 0 Å². The number of nitrogens with zero attached hydrogens (tertiary/aromatic N) is 4. The molecule has 0 aliphatic rings. The first-order valence-corrected chi connectivity index (χ1v) is 7.33. The molecular formula is C18H14N4O. The van der Waals surface area contributed by atoms with Gasteiger partial charge in [0.1, 0.15) is 22.9 Å². The highest BCUT2D eigenvalue weighted by molar-refractivity contribution is 5.73. The predicted molar refractivity (Wildman–Crippen MR) is 87.6 cm³/mol. The van der Waals surface area contributed by atoms with Crippen LogP contribution >= 0.6 is 0 Å². The maximum atomic E-state index is 10.0. The minimum atomic E-state index is 0.264. The zero-order valence-corrected chi connectivity index (χ0v) is 12.3. The zero-order valence-electron chi connectivity index (χ0n) is 12.3. The lowest BCUT2D eigenvalue weighted by Crippen LogP contribution is -2.04. The van der Waals surface area contributed by atoms with Gasteiger partial charge in [0.25, 0.3) is 0 Å². The van der Waals surface area contributed by atoms with E-state index in [0.29, 0.717) is 6.42 Å². The van der Waals surface area contributed by atoms with E-state index < -0.39 is 0 Å². The number of phenols is 1. The van der Waals surface area contributed by atoms with Crippen molar-refractivity contribution in [1.82, 2.24) is 19.5 Å². The van der Waals surface area contributed by atoms with Crippen molar-refractivity contribution in [3.8, 4) is 11.6 Å². The molecule has 0 amide bonds. The molecule has 0 radical (unpaired) electrons. The van der Waals surface area contributed by atoms with Crippen LogP contribution in [0.4, 0.5) is 0 Å². The van der Waals surface area contributed by atoms with Gasteiger partial charge in [0.05, 0.1) is 0 Å². The Kier molecular flexibility index (Phi) is 3.24. The van der Waals surface area contributed by atoms with E-state index in [9.17, 15) is 5.11 Å². The van der Waals surface area contributed by atoms with Crippen LogP contribution in [0.2, 0.25) is 0 Å². The first kappa shape index (κ1) is 13.5. The summed E-state index contributed by atoms with van der Waals surface area (Å²) in [5.41, 5.74) is 2.39. The quantitative estimate of drug-likeness (QED) is 0.631. The number of fused-ring (bicyclic) bond motifs is 1. The number of hydrogen-bond acceptors (Lipinski definition) is 4. The Morgan fingerprint density at radius 1 is 0.870 bits per heavy atom. The van der Waals surface area contributed by atoms with Crippen molar-refractivity contribution in [3.63, 3.8) is 0 Å². The SMILES string of the molecule is Oc1ccccc1Cc1nc2cccnc2n1-c1ccccn1. The number of para-hydroxylation sites is 1. The number of hydrogen-bond donors (Lipinski definition) is 1. The molecule has 4 aromatic rings. The topological polar surface area (TPSA) is 63.8 Å². The summed E-state index contributed by atoms with van der Waals surface area (Å²) in [6.07, 6.45) is 3.99.